The van der Waals surface area contributed by atoms with Crippen LogP contribution < -0.4 is 0 Å². The molecule has 0 amide bonds. The van der Waals surface area contributed by atoms with Gasteiger partial charge in [-0.15, -0.1) is 0 Å². The third kappa shape index (κ3) is 0.0853. The molecule has 4 heavy (non-hydrogen) atoms. The summed E-state index contributed by atoms with van der Waals surface area (Å²) < 4.78 is 0. The van der Waals surface area contributed by atoms with Gasteiger partial charge in [0.1, 0.15) is 0 Å². The van der Waals surface area contributed by atoms with Crippen LogP contribution in [-0.2, 0) is 0 Å². The standard InChI is InChI=1S/C3H4Si/c1-2-4-3-1/h1-4H. The van der Waals surface area contributed by atoms with E-state index in [9.17, 15) is 0 Å². The van der Waals surface area contributed by atoms with Crippen molar-refractivity contribution >= 4 is 14.8 Å². The highest BCUT2D eigenvalue weighted by Crippen LogP contribution is 1.65. The molecule has 0 bridgehead atoms. The fourth-order valence-corrected chi connectivity index (χ4v) is 0.333. The largest absolute Gasteiger partial charge is 0.0809 e. The highest BCUT2D eigenvalue weighted by molar-refractivity contribution is 6.59. The van der Waals surface area contributed by atoms with Crippen LogP contribution in [0, 0.1) is 0 Å². The minimum absolute atomic E-state index is 0.657. The number of hydrogen-bond acceptors (Lipinski definition) is 0. The summed E-state index contributed by atoms with van der Waals surface area (Å²) in [5.41, 5.74) is 4.42. The monoisotopic (exact) mass is 68.0 g/mol. The van der Waals surface area contributed by atoms with Crippen molar-refractivity contribution in [2.24, 2.45) is 0 Å². The van der Waals surface area contributed by atoms with Gasteiger partial charge in [-0.05, 0) is 0 Å². The Morgan fingerprint density at radius 2 is 1.75 bits per heavy atom. The molecule has 1 aliphatic rings. The van der Waals surface area contributed by atoms with Crippen molar-refractivity contribution in [1.82, 2.24) is 0 Å². The maximum Gasteiger partial charge on any atom is 0.0197 e. The molecule has 0 N–H and O–H groups in total. The Morgan fingerprint density at radius 3 is 1.75 bits per heavy atom. The van der Waals surface area contributed by atoms with E-state index in [2.05, 4.69) is 17.4 Å². The molecule has 0 unspecified atom stereocenters. The summed E-state index contributed by atoms with van der Waals surface area (Å²) in [5.74, 6) is 0. The first-order chi connectivity index (χ1) is 2.00. The van der Waals surface area contributed by atoms with E-state index in [4.69, 9.17) is 0 Å². The smallest absolute Gasteiger partial charge is 0.0197 e. The van der Waals surface area contributed by atoms with E-state index in [-0.39, 0.29) is 0 Å². The first kappa shape index (κ1) is 2.09. The van der Waals surface area contributed by atoms with Gasteiger partial charge >= 0.3 is 0 Å². The van der Waals surface area contributed by atoms with E-state index >= 15 is 0 Å². The molecule has 0 saturated heterocycles. The Kier molecular flexibility index (Phi) is 0.336. The zero-order valence-corrected chi connectivity index (χ0v) is 3.46. The van der Waals surface area contributed by atoms with Gasteiger partial charge in [-0.1, -0.05) is 17.4 Å². The topological polar surface area (TPSA) is 0 Å². The van der Waals surface area contributed by atoms with Crippen molar-refractivity contribution < 1.29 is 0 Å². The van der Waals surface area contributed by atoms with E-state index in [1.54, 1.807) is 0 Å². The molecule has 0 fully saturated rings. The van der Waals surface area contributed by atoms with E-state index in [1.165, 1.54) is 0 Å². The van der Waals surface area contributed by atoms with Crippen molar-refractivity contribution in [3.63, 3.8) is 0 Å². The molecular weight excluding hydrogens is 64.1 g/mol. The molecule has 0 nitrogen and oxygen atoms in total. The lowest BCUT2D eigenvalue weighted by atomic mass is 10.7. The Balaban J connectivity index is 2.67. The van der Waals surface area contributed by atoms with E-state index in [0.717, 1.165) is 0 Å². The molecule has 0 saturated carbocycles. The molecule has 1 aliphatic heterocycles. The Hall–Kier alpha value is -0.173. The molecule has 1 heteroatoms. The molecule has 0 aromatic heterocycles. The molecule has 0 radical (unpaired) electrons. The van der Waals surface area contributed by atoms with Crippen LogP contribution in [0.25, 0.3) is 0 Å². The summed E-state index contributed by atoms with van der Waals surface area (Å²) in [6.45, 7) is 0. The average Bonchev–Trinajstić information content (AvgIpc) is 0.722. The quantitative estimate of drug-likeness (QED) is 0.343. The van der Waals surface area contributed by atoms with Crippen molar-refractivity contribution in [2.75, 3.05) is 0 Å². The SMILES string of the molecule is C1=C[SiH]=C1. The lowest BCUT2D eigenvalue weighted by Crippen LogP contribution is -1.82. The van der Waals surface area contributed by atoms with Crippen LogP contribution in [0.3, 0.4) is 0 Å². The maximum absolute atomic E-state index is 2.21. The summed E-state index contributed by atoms with van der Waals surface area (Å²) in [5, 5.41) is 0. The molecule has 0 atom stereocenters. The van der Waals surface area contributed by atoms with Gasteiger partial charge < -0.3 is 0 Å². The second-order valence-electron chi connectivity index (χ2n) is 0.770. The maximum atomic E-state index is 2.21. The fourth-order valence-electron chi connectivity index (χ4n) is 0.111. The molecule has 0 aromatic carbocycles. The summed E-state index contributed by atoms with van der Waals surface area (Å²) in [4.78, 5) is 0. The normalized spacial score (nSPS) is 16.0. The Bertz CT molecular complexity index is 43.7. The highest BCUT2D eigenvalue weighted by Gasteiger charge is 1.66. The zero-order chi connectivity index (χ0) is 2.83. The van der Waals surface area contributed by atoms with Crippen LogP contribution in [0.15, 0.2) is 11.8 Å². The van der Waals surface area contributed by atoms with Gasteiger partial charge in [-0.25, -0.2) is 0 Å². The molecule has 0 spiro atoms. The third-order valence-electron chi connectivity index (χ3n) is 0.444. The van der Waals surface area contributed by atoms with Crippen LogP contribution in [-0.4, -0.2) is 14.8 Å². The summed E-state index contributed by atoms with van der Waals surface area (Å²) in [6.07, 6.45) is 2.09. The van der Waals surface area contributed by atoms with Gasteiger partial charge in [0.2, 0.25) is 0 Å². The van der Waals surface area contributed by atoms with Gasteiger partial charge in [0.15, 0.2) is 0 Å². The van der Waals surface area contributed by atoms with Crippen molar-refractivity contribution in [2.45, 2.75) is 0 Å². The van der Waals surface area contributed by atoms with Crippen LogP contribution in [0.1, 0.15) is 0 Å². The van der Waals surface area contributed by atoms with Crippen molar-refractivity contribution in [1.29, 1.82) is 0 Å². The molecule has 0 aliphatic carbocycles. The van der Waals surface area contributed by atoms with Crippen LogP contribution in [0.5, 0.6) is 0 Å². The van der Waals surface area contributed by atoms with Crippen molar-refractivity contribution in [3.05, 3.63) is 11.8 Å². The van der Waals surface area contributed by atoms with Crippen LogP contribution >= 0.6 is 0 Å². The van der Waals surface area contributed by atoms with Gasteiger partial charge in [0.25, 0.3) is 0 Å². The van der Waals surface area contributed by atoms with E-state index in [1.807, 2.05) is 0 Å². The number of allylic oxidation sites excluding steroid dienone is 1. The molecule has 20 valence electrons. The molecule has 0 aromatic rings. The Labute approximate surface area is 27.6 Å². The second kappa shape index (κ2) is 0.644. The van der Waals surface area contributed by atoms with Crippen LogP contribution in [0.4, 0.5) is 0 Å². The van der Waals surface area contributed by atoms with Gasteiger partial charge in [-0.2, -0.15) is 0 Å². The lowest BCUT2D eigenvalue weighted by Gasteiger charge is -1.76. The second-order valence-corrected chi connectivity index (χ2v) is 1.92. The first-order valence-corrected chi connectivity index (χ1v) is 2.67. The first-order valence-electron chi connectivity index (χ1n) is 1.33. The lowest BCUT2D eigenvalue weighted by molar-refractivity contribution is 2.37. The highest BCUT2D eigenvalue weighted by atomic mass is 28.2. The average molecular weight is 68.2 g/mol. The minimum Gasteiger partial charge on any atom is -0.0809 e. The predicted molar refractivity (Wildman–Crippen MR) is 22.4 cm³/mol. The Morgan fingerprint density at radius 1 is 1.50 bits per heavy atom. The van der Waals surface area contributed by atoms with Gasteiger partial charge in [0, 0.05) is 9.13 Å². The van der Waals surface area contributed by atoms with E-state index in [0.29, 0.717) is 9.13 Å². The van der Waals surface area contributed by atoms with Gasteiger partial charge in [0.05, 0.1) is 0 Å². The predicted octanol–water partition coefficient (Wildman–Crippen LogP) is -0.248. The summed E-state index contributed by atoms with van der Waals surface area (Å²) in [7, 11) is 0.657. The number of hydrogen-bond donors (Lipinski definition) is 0. The van der Waals surface area contributed by atoms with Gasteiger partial charge in [-0.3, -0.25) is 0 Å². The molecule has 1 rings (SSSR count). The molecular formula is C3H4Si. The third-order valence-corrected chi connectivity index (χ3v) is 1.33. The van der Waals surface area contributed by atoms with Crippen molar-refractivity contribution in [3.8, 4) is 0 Å². The minimum atomic E-state index is 0.657. The van der Waals surface area contributed by atoms with Crippen LogP contribution in [0.2, 0.25) is 0 Å². The summed E-state index contributed by atoms with van der Waals surface area (Å²) in [6, 6.07) is 0. The zero-order valence-electron chi connectivity index (χ0n) is 2.31. The van der Waals surface area contributed by atoms with E-state index < -0.39 is 0 Å². The molecule has 1 heterocycles. The summed E-state index contributed by atoms with van der Waals surface area (Å²) >= 11 is 0. The number of rotatable bonds is 0. The fraction of sp³-hybridized carbons (Fsp3) is 0.